The first-order valence-corrected chi connectivity index (χ1v) is 5.18. The number of halogens is 2. The van der Waals surface area contributed by atoms with E-state index in [1.807, 2.05) is 6.92 Å². The second-order valence-electron chi connectivity index (χ2n) is 4.51. The predicted molar refractivity (Wildman–Crippen MR) is 47.2 cm³/mol. The zero-order valence-electron chi connectivity index (χ0n) is 8.25. The number of aliphatic hydroxyl groups is 1. The summed E-state index contributed by atoms with van der Waals surface area (Å²) in [6.45, 7) is 2.25. The van der Waals surface area contributed by atoms with Crippen molar-refractivity contribution in [3.8, 4) is 0 Å². The normalized spacial score (nSPS) is 45.4. The Morgan fingerprint density at radius 1 is 1.43 bits per heavy atom. The van der Waals surface area contributed by atoms with Crippen LogP contribution in [0.15, 0.2) is 0 Å². The molecule has 0 bridgehead atoms. The lowest BCUT2D eigenvalue weighted by Crippen LogP contribution is -2.22. The molecule has 0 aromatic carbocycles. The molecule has 0 spiro atoms. The molecule has 1 saturated carbocycles. The van der Waals surface area contributed by atoms with Crippen LogP contribution in [0.5, 0.6) is 0 Å². The molecule has 0 aromatic heterocycles. The Kier molecular flexibility index (Phi) is 2.52. The highest BCUT2D eigenvalue weighted by atomic mass is 19.3. The van der Waals surface area contributed by atoms with Crippen LogP contribution >= 0.6 is 0 Å². The van der Waals surface area contributed by atoms with Crippen molar-refractivity contribution in [3.05, 3.63) is 0 Å². The van der Waals surface area contributed by atoms with Crippen LogP contribution < -0.4 is 0 Å². The molecule has 0 amide bonds. The third-order valence-corrected chi connectivity index (χ3v) is 3.43. The van der Waals surface area contributed by atoms with Gasteiger partial charge in [0.2, 0.25) is 0 Å². The molecule has 2 rings (SSSR count). The van der Waals surface area contributed by atoms with E-state index < -0.39 is 17.9 Å². The molecule has 1 aliphatic heterocycles. The van der Waals surface area contributed by atoms with Crippen molar-refractivity contribution in [2.75, 3.05) is 6.61 Å². The first kappa shape index (κ1) is 10.3. The maximum absolute atomic E-state index is 12.6. The van der Waals surface area contributed by atoms with Gasteiger partial charge in [-0.1, -0.05) is 0 Å². The molecular weight excluding hydrogens is 190 g/mol. The number of aliphatic hydroxyl groups excluding tert-OH is 1. The standard InChI is InChI=1S/C10H16F2O2/c1-6-8(9(13)5-14-6)3-2-7-4-10(7,11)12/h6-9,13H,2-5H2,1H3. The van der Waals surface area contributed by atoms with E-state index in [4.69, 9.17) is 4.74 Å². The Bertz CT molecular complexity index is 210. The lowest BCUT2D eigenvalue weighted by atomic mass is 9.93. The summed E-state index contributed by atoms with van der Waals surface area (Å²) in [4.78, 5) is 0. The molecule has 2 fully saturated rings. The molecule has 14 heavy (non-hydrogen) atoms. The van der Waals surface area contributed by atoms with E-state index in [9.17, 15) is 13.9 Å². The van der Waals surface area contributed by atoms with Gasteiger partial charge in [0.05, 0.1) is 18.8 Å². The summed E-state index contributed by atoms with van der Waals surface area (Å²) >= 11 is 0. The maximum Gasteiger partial charge on any atom is 0.251 e. The molecular formula is C10H16F2O2. The van der Waals surface area contributed by atoms with E-state index >= 15 is 0 Å². The van der Waals surface area contributed by atoms with Gasteiger partial charge < -0.3 is 9.84 Å². The molecule has 4 atom stereocenters. The van der Waals surface area contributed by atoms with Gasteiger partial charge in [0.25, 0.3) is 5.92 Å². The van der Waals surface area contributed by atoms with Crippen LogP contribution in [0, 0.1) is 11.8 Å². The highest BCUT2D eigenvalue weighted by Crippen LogP contribution is 2.51. The van der Waals surface area contributed by atoms with Crippen molar-refractivity contribution < 1.29 is 18.6 Å². The van der Waals surface area contributed by atoms with Crippen molar-refractivity contribution in [2.24, 2.45) is 11.8 Å². The van der Waals surface area contributed by atoms with E-state index in [1.165, 1.54) is 0 Å². The fourth-order valence-electron chi connectivity index (χ4n) is 2.21. The second-order valence-corrected chi connectivity index (χ2v) is 4.51. The fourth-order valence-corrected chi connectivity index (χ4v) is 2.21. The molecule has 4 unspecified atom stereocenters. The lowest BCUT2D eigenvalue weighted by molar-refractivity contribution is 0.0871. The third kappa shape index (κ3) is 1.91. The average molecular weight is 206 g/mol. The van der Waals surface area contributed by atoms with Crippen LogP contribution in [0.1, 0.15) is 26.2 Å². The molecule has 1 saturated heterocycles. The molecule has 1 aliphatic carbocycles. The van der Waals surface area contributed by atoms with E-state index in [0.29, 0.717) is 19.4 Å². The van der Waals surface area contributed by atoms with E-state index in [2.05, 4.69) is 0 Å². The summed E-state index contributed by atoms with van der Waals surface area (Å²) in [5.41, 5.74) is 0. The van der Waals surface area contributed by atoms with Crippen LogP contribution in [0.3, 0.4) is 0 Å². The SMILES string of the molecule is CC1OCC(O)C1CCC1CC1(F)F. The van der Waals surface area contributed by atoms with Crippen LogP contribution in [0.25, 0.3) is 0 Å². The van der Waals surface area contributed by atoms with Crippen molar-refractivity contribution in [3.63, 3.8) is 0 Å². The number of rotatable bonds is 3. The van der Waals surface area contributed by atoms with Gasteiger partial charge in [0, 0.05) is 18.3 Å². The molecule has 1 heterocycles. The van der Waals surface area contributed by atoms with Crippen molar-refractivity contribution in [1.82, 2.24) is 0 Å². The minimum atomic E-state index is -2.42. The largest absolute Gasteiger partial charge is 0.390 e. The molecule has 82 valence electrons. The quantitative estimate of drug-likeness (QED) is 0.763. The predicted octanol–water partition coefficient (Wildman–Crippen LogP) is 1.82. The summed E-state index contributed by atoms with van der Waals surface area (Å²) < 4.78 is 30.4. The molecule has 4 heteroatoms. The Morgan fingerprint density at radius 3 is 2.50 bits per heavy atom. The zero-order valence-corrected chi connectivity index (χ0v) is 8.25. The molecule has 0 aromatic rings. The fraction of sp³-hybridized carbons (Fsp3) is 1.00. The van der Waals surface area contributed by atoms with Crippen molar-refractivity contribution in [1.29, 1.82) is 0 Å². The maximum atomic E-state index is 12.6. The van der Waals surface area contributed by atoms with Crippen LogP contribution in [-0.2, 0) is 4.74 Å². The number of ether oxygens (including phenoxy) is 1. The van der Waals surface area contributed by atoms with Gasteiger partial charge in [0.15, 0.2) is 0 Å². The monoisotopic (exact) mass is 206 g/mol. The van der Waals surface area contributed by atoms with E-state index in [0.717, 1.165) is 0 Å². The molecule has 2 aliphatic rings. The summed E-state index contributed by atoms with van der Waals surface area (Å²) in [5, 5.41) is 9.51. The average Bonchev–Trinajstić information content (AvgIpc) is 2.58. The zero-order chi connectivity index (χ0) is 10.3. The van der Waals surface area contributed by atoms with Gasteiger partial charge in [-0.3, -0.25) is 0 Å². The number of hydrogen-bond acceptors (Lipinski definition) is 2. The first-order chi connectivity index (χ1) is 6.50. The summed E-state index contributed by atoms with van der Waals surface area (Å²) in [7, 11) is 0. The minimum absolute atomic E-state index is 0.0115. The first-order valence-electron chi connectivity index (χ1n) is 5.18. The van der Waals surface area contributed by atoms with Crippen LogP contribution in [-0.4, -0.2) is 29.8 Å². The minimum Gasteiger partial charge on any atom is -0.390 e. The smallest absolute Gasteiger partial charge is 0.251 e. The van der Waals surface area contributed by atoms with Gasteiger partial charge in [0.1, 0.15) is 0 Å². The van der Waals surface area contributed by atoms with Crippen molar-refractivity contribution in [2.45, 2.75) is 44.3 Å². The van der Waals surface area contributed by atoms with Crippen LogP contribution in [0.4, 0.5) is 8.78 Å². The topological polar surface area (TPSA) is 29.5 Å². The third-order valence-electron chi connectivity index (χ3n) is 3.43. The summed E-state index contributed by atoms with van der Waals surface area (Å²) in [6.07, 6.45) is 0.755. The highest BCUT2D eigenvalue weighted by Gasteiger charge is 2.56. The highest BCUT2D eigenvalue weighted by molar-refractivity contribution is 4.95. The molecule has 2 nitrogen and oxygen atoms in total. The Morgan fingerprint density at radius 2 is 2.07 bits per heavy atom. The molecule has 1 N–H and O–H groups in total. The summed E-state index contributed by atoms with van der Waals surface area (Å²) in [5.74, 6) is -2.82. The van der Waals surface area contributed by atoms with Gasteiger partial charge in [-0.2, -0.15) is 0 Å². The van der Waals surface area contributed by atoms with E-state index in [1.54, 1.807) is 0 Å². The Hall–Kier alpha value is -0.220. The second kappa shape index (κ2) is 3.42. The number of alkyl halides is 2. The Balaban J connectivity index is 1.75. The van der Waals surface area contributed by atoms with Crippen molar-refractivity contribution >= 4 is 0 Å². The van der Waals surface area contributed by atoms with E-state index in [-0.39, 0.29) is 18.4 Å². The van der Waals surface area contributed by atoms with Gasteiger partial charge >= 0.3 is 0 Å². The number of hydrogen-bond donors (Lipinski definition) is 1. The van der Waals surface area contributed by atoms with Gasteiger partial charge in [-0.25, -0.2) is 8.78 Å². The molecule has 0 radical (unpaired) electrons. The lowest BCUT2D eigenvalue weighted by Gasteiger charge is -2.16. The van der Waals surface area contributed by atoms with Gasteiger partial charge in [-0.15, -0.1) is 0 Å². The summed E-state index contributed by atoms with van der Waals surface area (Å²) in [6, 6.07) is 0. The Labute approximate surface area is 82.3 Å². The van der Waals surface area contributed by atoms with Crippen LogP contribution in [0.2, 0.25) is 0 Å². The van der Waals surface area contributed by atoms with Gasteiger partial charge in [-0.05, 0) is 19.8 Å².